The van der Waals surface area contributed by atoms with Gasteiger partial charge in [0.2, 0.25) is 0 Å². The van der Waals surface area contributed by atoms with E-state index in [0.29, 0.717) is 0 Å². The molecule has 2 nitrogen and oxygen atoms in total. The van der Waals surface area contributed by atoms with Crippen molar-refractivity contribution in [1.29, 1.82) is 0 Å². The number of halogens is 2. The van der Waals surface area contributed by atoms with Crippen LogP contribution in [0.5, 0.6) is 0 Å². The van der Waals surface area contributed by atoms with Crippen molar-refractivity contribution in [3.8, 4) is 0 Å². The van der Waals surface area contributed by atoms with Crippen LogP contribution in [0.15, 0.2) is 63.7 Å². The third-order valence-corrected chi connectivity index (χ3v) is 4.41. The topological polar surface area (TPSA) is 24.9 Å². The molecular weight excluding hydrogens is 392 g/mol. The molecule has 21 heavy (non-hydrogen) atoms. The lowest BCUT2D eigenvalue weighted by Gasteiger charge is -2.19. The Hall–Kier alpha value is -1.23. The highest BCUT2D eigenvalue weighted by Crippen LogP contribution is 2.31. The number of nitrogens with one attached hydrogen (secondary N) is 1. The summed E-state index contributed by atoms with van der Waals surface area (Å²) in [5, 5.41) is 4.59. The Labute approximate surface area is 140 Å². The molecule has 1 atom stereocenters. The van der Waals surface area contributed by atoms with Crippen molar-refractivity contribution in [3.63, 3.8) is 0 Å². The summed E-state index contributed by atoms with van der Waals surface area (Å²) >= 11 is 7.13. The fourth-order valence-electron chi connectivity index (χ4n) is 2.62. The Balaban J connectivity index is 2.18. The zero-order valence-electron chi connectivity index (χ0n) is 11.5. The summed E-state index contributed by atoms with van der Waals surface area (Å²) in [7, 11) is 1.98. The summed E-state index contributed by atoms with van der Waals surface area (Å²) in [4.78, 5) is 4.44. The van der Waals surface area contributed by atoms with E-state index >= 15 is 0 Å². The van der Waals surface area contributed by atoms with Crippen molar-refractivity contribution in [2.45, 2.75) is 6.04 Å². The average molecular weight is 406 g/mol. The van der Waals surface area contributed by atoms with E-state index in [0.717, 1.165) is 14.5 Å². The van der Waals surface area contributed by atoms with Gasteiger partial charge in [0, 0.05) is 20.5 Å². The van der Waals surface area contributed by atoms with Crippen LogP contribution in [-0.4, -0.2) is 12.0 Å². The molecule has 1 aromatic heterocycles. The minimum absolute atomic E-state index is 0.117. The lowest BCUT2D eigenvalue weighted by Crippen LogP contribution is -2.18. The average Bonchev–Trinajstić information content (AvgIpc) is 2.47. The number of pyridine rings is 1. The fraction of sp³-hybridized carbons (Fsp3) is 0.118. The van der Waals surface area contributed by atoms with E-state index in [-0.39, 0.29) is 6.04 Å². The molecule has 0 bridgehead atoms. The molecule has 3 rings (SSSR count). The highest BCUT2D eigenvalue weighted by atomic mass is 79.9. The molecule has 0 saturated heterocycles. The lowest BCUT2D eigenvalue weighted by atomic mass is 9.95. The van der Waals surface area contributed by atoms with Gasteiger partial charge >= 0.3 is 0 Å². The molecule has 0 aliphatic rings. The zero-order chi connectivity index (χ0) is 14.8. The Morgan fingerprint density at radius 1 is 1.00 bits per heavy atom. The number of aromatic nitrogens is 1. The van der Waals surface area contributed by atoms with E-state index in [1.54, 1.807) is 0 Å². The Kier molecular flexibility index (Phi) is 4.38. The third kappa shape index (κ3) is 3.03. The molecule has 1 unspecified atom stereocenters. The van der Waals surface area contributed by atoms with E-state index in [4.69, 9.17) is 0 Å². The predicted octanol–water partition coefficient (Wildman–Crippen LogP) is 5.07. The Bertz CT molecular complexity index is 761. The van der Waals surface area contributed by atoms with Crippen LogP contribution in [0, 0.1) is 0 Å². The summed E-state index contributed by atoms with van der Waals surface area (Å²) in [6.45, 7) is 0. The predicted molar refractivity (Wildman–Crippen MR) is 94.5 cm³/mol. The Morgan fingerprint density at radius 3 is 2.48 bits per heavy atom. The molecule has 0 aliphatic carbocycles. The molecule has 0 aliphatic heterocycles. The fourth-order valence-corrected chi connectivity index (χ4v) is 3.95. The summed E-state index contributed by atoms with van der Waals surface area (Å²) in [5.74, 6) is 0. The molecular formula is C17H14Br2N2. The number of nitrogens with zero attached hydrogens (tertiary/aromatic N) is 1. The first-order chi connectivity index (χ1) is 10.2. The highest BCUT2D eigenvalue weighted by Gasteiger charge is 2.15. The molecule has 0 spiro atoms. The standard InChI is InChI=1S/C17H14Br2N2/c1-20-17(11-8-12(18)10-13(19)9-11)15-4-2-6-16-14(15)5-3-7-21-16/h2-10,17,20H,1H3. The van der Waals surface area contributed by atoms with Gasteiger partial charge in [0.25, 0.3) is 0 Å². The van der Waals surface area contributed by atoms with E-state index in [1.165, 1.54) is 16.5 Å². The van der Waals surface area contributed by atoms with Crippen LogP contribution in [0.1, 0.15) is 17.2 Å². The second-order valence-corrected chi connectivity index (χ2v) is 6.67. The first-order valence-electron chi connectivity index (χ1n) is 6.66. The van der Waals surface area contributed by atoms with Crippen molar-refractivity contribution < 1.29 is 0 Å². The van der Waals surface area contributed by atoms with Crippen molar-refractivity contribution in [2.24, 2.45) is 0 Å². The minimum Gasteiger partial charge on any atom is -0.309 e. The van der Waals surface area contributed by atoms with Crippen molar-refractivity contribution >= 4 is 42.8 Å². The van der Waals surface area contributed by atoms with Gasteiger partial charge < -0.3 is 5.32 Å². The zero-order valence-corrected chi connectivity index (χ0v) is 14.6. The SMILES string of the molecule is CNC(c1cc(Br)cc(Br)c1)c1cccc2ncccc12. The molecule has 3 aromatic rings. The van der Waals surface area contributed by atoms with Gasteiger partial charge in [0.05, 0.1) is 11.6 Å². The molecule has 0 amide bonds. The van der Waals surface area contributed by atoms with E-state index < -0.39 is 0 Å². The molecule has 0 radical (unpaired) electrons. The molecule has 0 saturated carbocycles. The van der Waals surface area contributed by atoms with Crippen LogP contribution in [0.2, 0.25) is 0 Å². The van der Waals surface area contributed by atoms with Gasteiger partial charge in [-0.05, 0) is 48.5 Å². The van der Waals surface area contributed by atoms with Crippen LogP contribution in [0.25, 0.3) is 10.9 Å². The van der Waals surface area contributed by atoms with Gasteiger partial charge in [-0.1, -0.05) is 50.1 Å². The van der Waals surface area contributed by atoms with Crippen LogP contribution in [-0.2, 0) is 0 Å². The van der Waals surface area contributed by atoms with E-state index in [1.807, 2.05) is 31.4 Å². The first kappa shape index (κ1) is 14.7. The van der Waals surface area contributed by atoms with Crippen LogP contribution in [0.3, 0.4) is 0 Å². The van der Waals surface area contributed by atoms with E-state index in [2.05, 4.69) is 72.5 Å². The highest BCUT2D eigenvalue weighted by molar-refractivity contribution is 9.11. The molecule has 0 fully saturated rings. The summed E-state index contributed by atoms with van der Waals surface area (Å²) in [5.41, 5.74) is 3.45. The third-order valence-electron chi connectivity index (χ3n) is 3.50. The van der Waals surface area contributed by atoms with Crippen molar-refractivity contribution in [2.75, 3.05) is 7.05 Å². The normalized spacial score (nSPS) is 12.5. The van der Waals surface area contributed by atoms with Gasteiger partial charge in [-0.15, -0.1) is 0 Å². The quantitative estimate of drug-likeness (QED) is 0.657. The maximum absolute atomic E-state index is 4.44. The van der Waals surface area contributed by atoms with Gasteiger partial charge in [-0.25, -0.2) is 0 Å². The number of benzene rings is 2. The smallest absolute Gasteiger partial charge is 0.0705 e. The minimum atomic E-state index is 0.117. The van der Waals surface area contributed by atoms with E-state index in [9.17, 15) is 0 Å². The molecule has 4 heteroatoms. The molecule has 106 valence electrons. The number of hydrogen-bond donors (Lipinski definition) is 1. The van der Waals surface area contributed by atoms with Crippen molar-refractivity contribution in [1.82, 2.24) is 10.3 Å². The van der Waals surface area contributed by atoms with Crippen LogP contribution >= 0.6 is 31.9 Å². The van der Waals surface area contributed by atoms with Gasteiger partial charge in [0.1, 0.15) is 0 Å². The second kappa shape index (κ2) is 6.26. The molecule has 1 heterocycles. The van der Waals surface area contributed by atoms with Gasteiger partial charge in [0.15, 0.2) is 0 Å². The summed E-state index contributed by atoms with van der Waals surface area (Å²) < 4.78 is 2.12. The second-order valence-electron chi connectivity index (χ2n) is 4.84. The van der Waals surface area contributed by atoms with Crippen LogP contribution in [0.4, 0.5) is 0 Å². The first-order valence-corrected chi connectivity index (χ1v) is 8.24. The van der Waals surface area contributed by atoms with Crippen molar-refractivity contribution in [3.05, 3.63) is 74.8 Å². The van der Waals surface area contributed by atoms with Gasteiger partial charge in [-0.2, -0.15) is 0 Å². The maximum atomic E-state index is 4.44. The number of hydrogen-bond acceptors (Lipinski definition) is 2. The lowest BCUT2D eigenvalue weighted by molar-refractivity contribution is 0.696. The van der Waals surface area contributed by atoms with Gasteiger partial charge in [-0.3, -0.25) is 4.98 Å². The molecule has 2 aromatic carbocycles. The summed E-state index contributed by atoms with van der Waals surface area (Å²) in [6.07, 6.45) is 1.83. The monoisotopic (exact) mass is 404 g/mol. The largest absolute Gasteiger partial charge is 0.309 e. The summed E-state index contributed by atoms with van der Waals surface area (Å²) in [6, 6.07) is 16.8. The number of rotatable bonds is 3. The molecule has 1 N–H and O–H groups in total. The van der Waals surface area contributed by atoms with Crippen LogP contribution < -0.4 is 5.32 Å². The number of fused-ring (bicyclic) bond motifs is 1. The Morgan fingerprint density at radius 2 is 1.76 bits per heavy atom. The maximum Gasteiger partial charge on any atom is 0.0705 e.